The van der Waals surface area contributed by atoms with Gasteiger partial charge in [0.05, 0.1) is 13.1 Å². The molecule has 1 fully saturated rings. The van der Waals surface area contributed by atoms with Gasteiger partial charge in [0, 0.05) is 33.1 Å². The number of piperazine rings is 1. The van der Waals surface area contributed by atoms with Crippen molar-refractivity contribution in [3.63, 3.8) is 0 Å². The molecule has 146 valence electrons. The molecule has 10 nitrogen and oxygen atoms in total. The number of hydrogen-bond donors (Lipinski definition) is 4. The Labute approximate surface area is 148 Å². The zero-order valence-corrected chi connectivity index (χ0v) is 15.3. The third-order valence-corrected chi connectivity index (χ3v) is 2.49. The molecule has 0 saturated carbocycles. The molecule has 0 aromatic carbocycles. The number of carboxylic acid groups (broad SMARTS) is 1. The Morgan fingerprint density at radius 3 is 2.08 bits per heavy atom. The van der Waals surface area contributed by atoms with Crippen LogP contribution >= 0.6 is 0 Å². The second kappa shape index (κ2) is 14.2. The first-order chi connectivity index (χ1) is 11.5. The van der Waals surface area contributed by atoms with Crippen molar-refractivity contribution >= 4 is 24.3 Å². The van der Waals surface area contributed by atoms with E-state index in [1.54, 1.807) is 4.90 Å². The molecule has 1 heterocycles. The van der Waals surface area contributed by atoms with E-state index in [-0.39, 0.29) is 30.5 Å². The molecule has 0 aromatic rings. The van der Waals surface area contributed by atoms with Gasteiger partial charge in [-0.2, -0.15) is 0 Å². The monoisotopic (exact) mass is 362 g/mol. The summed E-state index contributed by atoms with van der Waals surface area (Å²) in [5, 5.41) is 13.0. The molecule has 10 heteroatoms. The number of ether oxygens (including phenoxy) is 1. The van der Waals surface area contributed by atoms with Gasteiger partial charge in [-0.25, -0.2) is 0 Å². The van der Waals surface area contributed by atoms with Crippen molar-refractivity contribution < 1.29 is 29.0 Å². The van der Waals surface area contributed by atoms with Gasteiger partial charge in [0.2, 0.25) is 11.8 Å². The Hall–Kier alpha value is -2.20. The number of nitrogens with one attached hydrogen (secondary N) is 2. The predicted octanol–water partition coefficient (Wildman–Crippen LogP) is -1.46. The van der Waals surface area contributed by atoms with Gasteiger partial charge < -0.3 is 31.1 Å². The second-order valence-electron chi connectivity index (χ2n) is 5.96. The van der Waals surface area contributed by atoms with Gasteiger partial charge in [-0.3, -0.25) is 19.2 Å². The third kappa shape index (κ3) is 19.8. The minimum Gasteiger partial charge on any atom is -0.481 e. The smallest absolute Gasteiger partial charge is 0.300 e. The lowest BCUT2D eigenvalue weighted by Crippen LogP contribution is -2.50. The van der Waals surface area contributed by atoms with Gasteiger partial charge in [-0.1, -0.05) is 0 Å². The van der Waals surface area contributed by atoms with E-state index >= 15 is 0 Å². The second-order valence-corrected chi connectivity index (χ2v) is 5.96. The average molecular weight is 362 g/mol. The Kier molecular flexibility index (Phi) is 14.2. The van der Waals surface area contributed by atoms with Gasteiger partial charge in [0.1, 0.15) is 5.60 Å². The van der Waals surface area contributed by atoms with Crippen LogP contribution in [0.15, 0.2) is 0 Å². The number of nitrogens with two attached hydrogens (primary N) is 1. The first-order valence-corrected chi connectivity index (χ1v) is 7.79. The molecule has 25 heavy (non-hydrogen) atoms. The lowest BCUT2D eigenvalue weighted by molar-refractivity contribution is -0.139. The maximum atomic E-state index is 11.5. The number of aliphatic carboxylic acids is 1. The highest BCUT2D eigenvalue weighted by Crippen LogP contribution is 2.02. The fourth-order valence-corrected chi connectivity index (χ4v) is 1.42. The van der Waals surface area contributed by atoms with Gasteiger partial charge >= 0.3 is 0 Å². The number of carbonyl (C=O) groups is 4. The summed E-state index contributed by atoms with van der Waals surface area (Å²) in [6.45, 7) is 10.0. The van der Waals surface area contributed by atoms with E-state index in [2.05, 4.69) is 15.4 Å². The molecule has 0 unspecified atom stereocenters. The standard InChI is InChI=1S/C8H16N4O2.C5H10O2.C2H4O2/c9-5-7(13)11-6-8(14)12-3-1-10-2-4-12;1-5(2,3)7-4-6;1-2(3)4/h10H,1-6,9H2,(H,11,13);4H,1-3H3;1H3,(H,3,4). The highest BCUT2D eigenvalue weighted by Gasteiger charge is 2.15. The molecular weight excluding hydrogens is 332 g/mol. The topological polar surface area (TPSA) is 151 Å². The maximum absolute atomic E-state index is 11.5. The van der Waals surface area contributed by atoms with Crippen molar-refractivity contribution in [1.29, 1.82) is 0 Å². The van der Waals surface area contributed by atoms with Gasteiger partial charge in [0.15, 0.2) is 0 Å². The number of hydrogen-bond acceptors (Lipinski definition) is 7. The molecule has 0 spiro atoms. The van der Waals surface area contributed by atoms with Crippen LogP contribution in [-0.4, -0.2) is 79.1 Å². The summed E-state index contributed by atoms with van der Waals surface area (Å²) in [4.78, 5) is 42.6. The van der Waals surface area contributed by atoms with Crippen molar-refractivity contribution in [2.75, 3.05) is 39.3 Å². The zero-order chi connectivity index (χ0) is 19.9. The normalized spacial score (nSPS) is 13.2. The molecule has 2 amide bonds. The molecule has 1 aliphatic heterocycles. The van der Waals surface area contributed by atoms with E-state index in [9.17, 15) is 14.4 Å². The van der Waals surface area contributed by atoms with Crippen LogP contribution in [-0.2, 0) is 23.9 Å². The molecule has 1 rings (SSSR count). The van der Waals surface area contributed by atoms with Crippen LogP contribution < -0.4 is 16.4 Å². The van der Waals surface area contributed by atoms with Crippen molar-refractivity contribution in [2.45, 2.75) is 33.3 Å². The molecular formula is C15H30N4O6. The molecule has 1 aliphatic rings. The lowest BCUT2D eigenvalue weighted by Gasteiger charge is -2.27. The van der Waals surface area contributed by atoms with Crippen LogP contribution in [0.5, 0.6) is 0 Å². The van der Waals surface area contributed by atoms with Crippen molar-refractivity contribution in [2.24, 2.45) is 5.73 Å². The Balaban J connectivity index is 0. The number of carbonyl (C=O) groups excluding carboxylic acids is 3. The largest absolute Gasteiger partial charge is 0.481 e. The van der Waals surface area contributed by atoms with E-state index in [1.807, 2.05) is 20.8 Å². The summed E-state index contributed by atoms with van der Waals surface area (Å²) >= 11 is 0. The van der Waals surface area contributed by atoms with Crippen LogP contribution in [0.2, 0.25) is 0 Å². The fourth-order valence-electron chi connectivity index (χ4n) is 1.42. The molecule has 0 aromatic heterocycles. The SMILES string of the molecule is CC(=O)O.CC(C)(C)OC=O.NCC(=O)NCC(=O)N1CCNCC1. The van der Waals surface area contributed by atoms with Gasteiger partial charge in [0.25, 0.3) is 12.4 Å². The summed E-state index contributed by atoms with van der Waals surface area (Å²) in [6, 6.07) is 0. The van der Waals surface area contributed by atoms with E-state index in [0.29, 0.717) is 19.6 Å². The number of amides is 2. The summed E-state index contributed by atoms with van der Waals surface area (Å²) in [5.74, 6) is -1.18. The number of nitrogens with zero attached hydrogens (tertiary/aromatic N) is 1. The van der Waals surface area contributed by atoms with Crippen LogP contribution in [0.4, 0.5) is 0 Å². The number of carboxylic acids is 1. The first-order valence-electron chi connectivity index (χ1n) is 7.79. The average Bonchev–Trinajstić information content (AvgIpc) is 2.52. The van der Waals surface area contributed by atoms with E-state index in [1.165, 1.54) is 0 Å². The van der Waals surface area contributed by atoms with E-state index in [4.69, 9.17) is 15.6 Å². The maximum Gasteiger partial charge on any atom is 0.300 e. The molecule has 0 atom stereocenters. The van der Waals surface area contributed by atoms with Crippen molar-refractivity contribution in [1.82, 2.24) is 15.5 Å². The van der Waals surface area contributed by atoms with E-state index in [0.717, 1.165) is 20.0 Å². The van der Waals surface area contributed by atoms with Crippen molar-refractivity contribution in [3.05, 3.63) is 0 Å². The molecule has 5 N–H and O–H groups in total. The third-order valence-electron chi connectivity index (χ3n) is 2.49. The quantitative estimate of drug-likeness (QED) is 0.443. The molecule has 0 bridgehead atoms. The predicted molar refractivity (Wildman–Crippen MR) is 91.7 cm³/mol. The highest BCUT2D eigenvalue weighted by atomic mass is 16.5. The van der Waals surface area contributed by atoms with E-state index < -0.39 is 5.97 Å². The van der Waals surface area contributed by atoms with Crippen LogP contribution in [0.1, 0.15) is 27.7 Å². The molecule has 1 saturated heterocycles. The van der Waals surface area contributed by atoms with Gasteiger partial charge in [-0.15, -0.1) is 0 Å². The summed E-state index contributed by atoms with van der Waals surface area (Å²) in [6.07, 6.45) is 0. The lowest BCUT2D eigenvalue weighted by atomic mass is 10.2. The summed E-state index contributed by atoms with van der Waals surface area (Å²) < 4.78 is 4.55. The highest BCUT2D eigenvalue weighted by molar-refractivity contribution is 5.85. The fraction of sp³-hybridized carbons (Fsp3) is 0.733. The minimum absolute atomic E-state index is 0.0479. The Bertz CT molecular complexity index is 413. The summed E-state index contributed by atoms with van der Waals surface area (Å²) in [7, 11) is 0. The van der Waals surface area contributed by atoms with Gasteiger partial charge in [-0.05, 0) is 20.8 Å². The van der Waals surface area contributed by atoms with Crippen LogP contribution in [0.3, 0.4) is 0 Å². The molecule has 0 radical (unpaired) electrons. The minimum atomic E-state index is -0.833. The van der Waals surface area contributed by atoms with Crippen LogP contribution in [0, 0.1) is 0 Å². The number of rotatable bonds is 4. The zero-order valence-electron chi connectivity index (χ0n) is 15.3. The van der Waals surface area contributed by atoms with Crippen LogP contribution in [0.25, 0.3) is 0 Å². The summed E-state index contributed by atoms with van der Waals surface area (Å²) in [5.41, 5.74) is 4.77. The Morgan fingerprint density at radius 1 is 1.28 bits per heavy atom. The van der Waals surface area contributed by atoms with Crippen molar-refractivity contribution in [3.8, 4) is 0 Å². The Morgan fingerprint density at radius 2 is 1.76 bits per heavy atom. The first kappa shape index (κ1) is 25.0. The molecule has 0 aliphatic carbocycles.